The van der Waals surface area contributed by atoms with Crippen LogP contribution in [0.3, 0.4) is 0 Å². The van der Waals surface area contributed by atoms with Crippen molar-refractivity contribution in [2.75, 3.05) is 6.61 Å². The molecule has 0 aromatic heterocycles. The first-order valence-corrected chi connectivity index (χ1v) is 5.19. The summed E-state index contributed by atoms with van der Waals surface area (Å²) in [6.07, 6.45) is 0. The molecule has 0 aliphatic carbocycles. The number of phenolic OH excluding ortho intramolecular Hbond substituents is 1. The molecule has 1 atom stereocenters. The Morgan fingerprint density at radius 1 is 1.29 bits per heavy atom. The first-order valence-electron chi connectivity index (χ1n) is 3.61. The summed E-state index contributed by atoms with van der Waals surface area (Å²) in [6.45, 7) is -0.206. The Balaban J connectivity index is 0.00000169. The zero-order chi connectivity index (χ0) is 10.0. The van der Waals surface area contributed by atoms with E-state index in [1.54, 1.807) is 12.1 Å². The fraction of sp³-hybridized carbons (Fsp3) is 0.250. The van der Waals surface area contributed by atoms with Crippen LogP contribution >= 0.6 is 44.3 Å². The van der Waals surface area contributed by atoms with Crippen LogP contribution in [0.5, 0.6) is 5.75 Å². The van der Waals surface area contributed by atoms with Gasteiger partial charge in [-0.05, 0) is 28.1 Å². The van der Waals surface area contributed by atoms with Gasteiger partial charge in [-0.1, -0.05) is 15.9 Å². The molecular weight excluding hydrogens is 337 g/mol. The predicted octanol–water partition coefficient (Wildman–Crippen LogP) is 2.33. The molecule has 0 bridgehead atoms. The molecule has 6 heteroatoms. The minimum atomic E-state index is -0.577. The highest BCUT2D eigenvalue weighted by Crippen LogP contribution is 2.36. The van der Waals surface area contributed by atoms with Crippen LogP contribution in [0.25, 0.3) is 0 Å². The molecule has 0 aliphatic rings. The van der Waals surface area contributed by atoms with Gasteiger partial charge in [0.1, 0.15) is 5.75 Å². The summed E-state index contributed by atoms with van der Waals surface area (Å²) >= 11 is 6.42. The van der Waals surface area contributed by atoms with E-state index < -0.39 is 6.04 Å². The molecule has 0 saturated heterocycles. The van der Waals surface area contributed by atoms with Gasteiger partial charge in [-0.3, -0.25) is 0 Å². The molecule has 0 saturated carbocycles. The van der Waals surface area contributed by atoms with E-state index in [0.29, 0.717) is 14.5 Å². The Morgan fingerprint density at radius 3 is 2.29 bits per heavy atom. The molecule has 0 spiro atoms. The molecular formula is C8H10Br2ClNO2. The van der Waals surface area contributed by atoms with Gasteiger partial charge in [0.2, 0.25) is 0 Å². The van der Waals surface area contributed by atoms with E-state index in [2.05, 4.69) is 31.9 Å². The summed E-state index contributed by atoms with van der Waals surface area (Å²) in [4.78, 5) is 0. The van der Waals surface area contributed by atoms with Crippen molar-refractivity contribution in [2.24, 2.45) is 5.73 Å². The molecule has 4 N–H and O–H groups in total. The van der Waals surface area contributed by atoms with Gasteiger partial charge in [0.25, 0.3) is 0 Å². The lowest BCUT2D eigenvalue weighted by molar-refractivity contribution is 0.265. The fourth-order valence-corrected chi connectivity index (χ4v) is 1.96. The van der Waals surface area contributed by atoms with Crippen LogP contribution in [-0.4, -0.2) is 16.8 Å². The summed E-state index contributed by atoms with van der Waals surface area (Å²) in [7, 11) is 0. The molecule has 1 aromatic rings. The van der Waals surface area contributed by atoms with Crippen molar-refractivity contribution < 1.29 is 10.2 Å². The summed E-state index contributed by atoms with van der Waals surface area (Å²) in [5.41, 5.74) is 6.11. The normalized spacial score (nSPS) is 12.0. The average Bonchev–Trinajstić information content (AvgIpc) is 2.12. The predicted molar refractivity (Wildman–Crippen MR) is 64.8 cm³/mol. The Hall–Kier alpha value is 0.190. The van der Waals surface area contributed by atoms with Gasteiger partial charge in [-0.15, -0.1) is 12.4 Å². The van der Waals surface area contributed by atoms with Gasteiger partial charge >= 0.3 is 0 Å². The second-order valence-corrected chi connectivity index (χ2v) is 4.29. The van der Waals surface area contributed by atoms with Crippen molar-refractivity contribution in [3.05, 3.63) is 26.6 Å². The topological polar surface area (TPSA) is 66.5 Å². The second-order valence-electron chi connectivity index (χ2n) is 2.58. The van der Waals surface area contributed by atoms with E-state index in [0.717, 1.165) is 0 Å². The number of phenols is 1. The monoisotopic (exact) mass is 345 g/mol. The molecule has 1 aromatic carbocycles. The first-order chi connectivity index (χ1) is 6.07. The maximum Gasteiger partial charge on any atom is 0.135 e. The maximum absolute atomic E-state index is 9.61. The molecule has 0 amide bonds. The van der Waals surface area contributed by atoms with E-state index >= 15 is 0 Å². The van der Waals surface area contributed by atoms with Gasteiger partial charge in [0.15, 0.2) is 0 Å². The fourth-order valence-electron chi connectivity index (χ4n) is 1.00. The third-order valence-electron chi connectivity index (χ3n) is 1.68. The summed E-state index contributed by atoms with van der Waals surface area (Å²) in [5, 5.41) is 18.5. The Bertz CT molecular complexity index is 322. The molecule has 0 radical (unpaired) electrons. The van der Waals surface area contributed by atoms with Crippen LogP contribution in [0.4, 0.5) is 0 Å². The molecule has 0 fully saturated rings. The number of aromatic hydroxyl groups is 1. The number of hydrogen-bond donors (Lipinski definition) is 3. The number of halogens is 3. The van der Waals surface area contributed by atoms with Crippen molar-refractivity contribution in [3.63, 3.8) is 0 Å². The maximum atomic E-state index is 9.61. The largest absolute Gasteiger partial charge is 0.506 e. The van der Waals surface area contributed by atoms with Crippen molar-refractivity contribution in [2.45, 2.75) is 6.04 Å². The van der Waals surface area contributed by atoms with Crippen LogP contribution in [0, 0.1) is 0 Å². The Kier molecular flexibility index (Phi) is 6.00. The third kappa shape index (κ3) is 2.84. The highest BCUT2D eigenvalue weighted by atomic mass is 79.9. The minimum Gasteiger partial charge on any atom is -0.506 e. The number of hydrogen-bond acceptors (Lipinski definition) is 3. The lowest BCUT2D eigenvalue weighted by Crippen LogP contribution is -2.15. The van der Waals surface area contributed by atoms with E-state index in [4.69, 9.17) is 10.8 Å². The van der Waals surface area contributed by atoms with E-state index in [1.807, 2.05) is 0 Å². The molecule has 0 heterocycles. The van der Waals surface area contributed by atoms with Crippen LogP contribution < -0.4 is 5.73 Å². The molecule has 0 unspecified atom stereocenters. The van der Waals surface area contributed by atoms with E-state index in [1.165, 1.54) is 0 Å². The van der Waals surface area contributed by atoms with Crippen molar-refractivity contribution in [1.82, 2.24) is 0 Å². The Labute approximate surface area is 105 Å². The second kappa shape index (κ2) is 5.92. The van der Waals surface area contributed by atoms with Crippen molar-refractivity contribution >= 4 is 44.3 Å². The van der Waals surface area contributed by atoms with Gasteiger partial charge in [0.05, 0.1) is 17.1 Å². The van der Waals surface area contributed by atoms with E-state index in [9.17, 15) is 5.11 Å². The zero-order valence-electron chi connectivity index (χ0n) is 7.08. The van der Waals surface area contributed by atoms with E-state index in [-0.39, 0.29) is 24.8 Å². The SMILES string of the molecule is Cl.N[C@@H](CO)c1c(Br)ccc(Br)c1O. The molecule has 3 nitrogen and oxygen atoms in total. The summed E-state index contributed by atoms with van der Waals surface area (Å²) in [5.74, 6) is 0.0657. The Morgan fingerprint density at radius 2 is 1.79 bits per heavy atom. The molecule has 80 valence electrons. The van der Waals surface area contributed by atoms with Gasteiger partial charge in [-0.2, -0.15) is 0 Å². The number of nitrogens with two attached hydrogens (primary N) is 1. The zero-order valence-corrected chi connectivity index (χ0v) is 11.1. The van der Waals surface area contributed by atoms with Gasteiger partial charge < -0.3 is 15.9 Å². The highest BCUT2D eigenvalue weighted by Gasteiger charge is 2.15. The average molecular weight is 347 g/mol. The molecule has 14 heavy (non-hydrogen) atoms. The van der Waals surface area contributed by atoms with Crippen LogP contribution in [0.2, 0.25) is 0 Å². The number of rotatable bonds is 2. The number of aliphatic hydroxyl groups excluding tert-OH is 1. The highest BCUT2D eigenvalue weighted by molar-refractivity contribution is 9.11. The first kappa shape index (κ1) is 14.2. The quantitative estimate of drug-likeness (QED) is 0.769. The molecule has 1 rings (SSSR count). The third-order valence-corrected chi connectivity index (χ3v) is 3.01. The minimum absolute atomic E-state index is 0. The smallest absolute Gasteiger partial charge is 0.135 e. The number of aliphatic hydroxyl groups is 1. The van der Waals surface area contributed by atoms with Crippen LogP contribution in [-0.2, 0) is 0 Å². The lowest BCUT2D eigenvalue weighted by Gasteiger charge is -2.13. The van der Waals surface area contributed by atoms with Gasteiger partial charge in [-0.25, -0.2) is 0 Å². The molecule has 0 aliphatic heterocycles. The lowest BCUT2D eigenvalue weighted by atomic mass is 10.1. The summed E-state index contributed by atoms with van der Waals surface area (Å²) < 4.78 is 1.25. The van der Waals surface area contributed by atoms with Gasteiger partial charge in [0, 0.05) is 10.0 Å². The van der Waals surface area contributed by atoms with Crippen LogP contribution in [0.1, 0.15) is 11.6 Å². The standard InChI is InChI=1S/C8H9Br2NO2.ClH/c9-4-1-2-5(10)8(13)7(4)6(11)3-12;/h1-2,6,12-13H,3,11H2;1H/t6-;/m0./s1. The van der Waals surface area contributed by atoms with Crippen molar-refractivity contribution in [3.8, 4) is 5.75 Å². The van der Waals surface area contributed by atoms with Crippen molar-refractivity contribution in [1.29, 1.82) is 0 Å². The summed E-state index contributed by atoms with van der Waals surface area (Å²) in [6, 6.07) is 2.88. The van der Waals surface area contributed by atoms with Crippen LogP contribution in [0.15, 0.2) is 21.1 Å². The number of benzene rings is 1.